The minimum Gasteiger partial charge on any atom is -0.453 e. The van der Waals surface area contributed by atoms with Crippen LogP contribution < -0.4 is 5.32 Å². The van der Waals surface area contributed by atoms with Gasteiger partial charge in [-0.1, -0.05) is 0 Å². The Bertz CT molecular complexity index is 637. The summed E-state index contributed by atoms with van der Waals surface area (Å²) in [4.78, 5) is 36.7. The Morgan fingerprint density at radius 2 is 2.08 bits per heavy atom. The van der Waals surface area contributed by atoms with Crippen LogP contribution in [-0.2, 0) is 4.74 Å². The molecule has 24 heavy (non-hydrogen) atoms. The molecule has 0 saturated carbocycles. The van der Waals surface area contributed by atoms with Gasteiger partial charge < -0.3 is 15.0 Å². The molecule has 8 nitrogen and oxygen atoms in total. The van der Waals surface area contributed by atoms with E-state index in [9.17, 15) is 19.7 Å². The Balaban J connectivity index is 1.92. The highest BCUT2D eigenvalue weighted by Crippen LogP contribution is 2.28. The van der Waals surface area contributed by atoms with E-state index < -0.39 is 4.92 Å². The zero-order valence-corrected chi connectivity index (χ0v) is 14.7. The van der Waals surface area contributed by atoms with Gasteiger partial charge in [-0.25, -0.2) is 4.79 Å². The van der Waals surface area contributed by atoms with Gasteiger partial charge in [0, 0.05) is 25.2 Å². The average Bonchev–Trinajstić information content (AvgIpc) is 2.96. The quantitative estimate of drug-likeness (QED) is 0.660. The molecule has 0 bridgehead atoms. The van der Waals surface area contributed by atoms with Crippen LogP contribution in [0.5, 0.6) is 0 Å². The SMILES string of the molecule is COC(=O)N1CCC(C(C)NC(=O)c2cc([N+](=O)[O-])c(C)s2)CC1. The molecule has 1 atom stereocenters. The number of hydrogen-bond acceptors (Lipinski definition) is 6. The first kappa shape index (κ1) is 18.2. The number of hydrogen-bond donors (Lipinski definition) is 1. The van der Waals surface area contributed by atoms with Gasteiger partial charge >= 0.3 is 6.09 Å². The predicted molar refractivity (Wildman–Crippen MR) is 89.3 cm³/mol. The molecule has 1 N–H and O–H groups in total. The van der Waals surface area contributed by atoms with Crippen LogP contribution in [0.3, 0.4) is 0 Å². The van der Waals surface area contributed by atoms with Gasteiger partial charge in [-0.05, 0) is 32.6 Å². The van der Waals surface area contributed by atoms with Crippen LogP contribution in [0.2, 0.25) is 0 Å². The third-order valence-corrected chi connectivity index (χ3v) is 5.39. The highest BCUT2D eigenvalue weighted by atomic mass is 32.1. The highest BCUT2D eigenvalue weighted by molar-refractivity contribution is 7.14. The molecule has 2 amide bonds. The van der Waals surface area contributed by atoms with Crippen LogP contribution in [0.4, 0.5) is 10.5 Å². The van der Waals surface area contributed by atoms with Crippen molar-refractivity contribution in [1.29, 1.82) is 0 Å². The summed E-state index contributed by atoms with van der Waals surface area (Å²) in [6.45, 7) is 4.75. The fraction of sp³-hybridized carbons (Fsp3) is 0.600. The molecule has 1 aromatic heterocycles. The maximum Gasteiger partial charge on any atom is 0.409 e. The van der Waals surface area contributed by atoms with Gasteiger partial charge in [0.05, 0.1) is 21.8 Å². The summed E-state index contributed by atoms with van der Waals surface area (Å²) in [6.07, 6.45) is 1.23. The smallest absolute Gasteiger partial charge is 0.409 e. The second-order valence-corrected chi connectivity index (χ2v) is 7.12. The van der Waals surface area contributed by atoms with Crippen molar-refractivity contribution in [3.63, 3.8) is 0 Å². The number of likely N-dealkylation sites (tertiary alicyclic amines) is 1. The first-order chi connectivity index (χ1) is 11.3. The maximum absolute atomic E-state index is 12.3. The number of nitrogens with one attached hydrogen (secondary N) is 1. The Kier molecular flexibility index (Phi) is 5.76. The molecule has 1 aliphatic rings. The molecule has 2 rings (SSSR count). The van der Waals surface area contributed by atoms with Crippen molar-refractivity contribution in [2.75, 3.05) is 20.2 Å². The Morgan fingerprint density at radius 3 is 2.58 bits per heavy atom. The van der Waals surface area contributed by atoms with Gasteiger partial charge in [0.25, 0.3) is 11.6 Å². The van der Waals surface area contributed by atoms with Gasteiger partial charge in [0.1, 0.15) is 0 Å². The molecule has 1 unspecified atom stereocenters. The number of amides is 2. The van der Waals surface area contributed by atoms with Crippen molar-refractivity contribution < 1.29 is 19.2 Å². The molecule has 132 valence electrons. The van der Waals surface area contributed by atoms with E-state index in [1.54, 1.807) is 11.8 Å². The topological polar surface area (TPSA) is 102 Å². The fourth-order valence-electron chi connectivity index (χ4n) is 2.87. The van der Waals surface area contributed by atoms with E-state index in [2.05, 4.69) is 5.32 Å². The minimum atomic E-state index is -0.478. The van der Waals surface area contributed by atoms with Gasteiger partial charge in [-0.2, -0.15) is 0 Å². The Labute approximate surface area is 143 Å². The van der Waals surface area contributed by atoms with Crippen molar-refractivity contribution in [2.45, 2.75) is 32.7 Å². The minimum absolute atomic E-state index is 0.0239. The summed E-state index contributed by atoms with van der Waals surface area (Å²) >= 11 is 1.12. The second-order valence-electron chi connectivity index (χ2n) is 5.87. The number of ether oxygens (including phenoxy) is 1. The third kappa shape index (κ3) is 4.02. The lowest BCUT2D eigenvalue weighted by Crippen LogP contribution is -2.45. The number of methoxy groups -OCH3 is 1. The molecule has 0 aromatic carbocycles. The van der Waals surface area contributed by atoms with Gasteiger partial charge in [-0.15, -0.1) is 11.3 Å². The summed E-state index contributed by atoms with van der Waals surface area (Å²) in [5.41, 5.74) is -0.0239. The number of thiophene rings is 1. The average molecular weight is 355 g/mol. The fourth-order valence-corrected chi connectivity index (χ4v) is 3.76. The summed E-state index contributed by atoms with van der Waals surface area (Å²) < 4.78 is 4.70. The van der Waals surface area contributed by atoms with Crippen molar-refractivity contribution in [1.82, 2.24) is 10.2 Å². The molecular weight excluding hydrogens is 334 g/mol. The normalized spacial score (nSPS) is 16.5. The first-order valence-electron chi connectivity index (χ1n) is 7.72. The van der Waals surface area contributed by atoms with E-state index in [-0.39, 0.29) is 29.6 Å². The molecule has 1 aliphatic heterocycles. The molecule has 1 saturated heterocycles. The number of aryl methyl sites for hydroxylation is 1. The Morgan fingerprint density at radius 1 is 1.46 bits per heavy atom. The maximum atomic E-state index is 12.3. The molecule has 2 heterocycles. The van der Waals surface area contributed by atoms with Gasteiger partial charge in [-0.3, -0.25) is 14.9 Å². The highest BCUT2D eigenvalue weighted by Gasteiger charge is 2.28. The lowest BCUT2D eigenvalue weighted by molar-refractivity contribution is -0.385. The summed E-state index contributed by atoms with van der Waals surface area (Å²) in [6, 6.07) is 1.25. The summed E-state index contributed by atoms with van der Waals surface area (Å²) in [5, 5.41) is 13.8. The van der Waals surface area contributed by atoms with Crippen LogP contribution in [-0.4, -0.2) is 48.1 Å². The lowest BCUT2D eigenvalue weighted by Gasteiger charge is -2.34. The van der Waals surface area contributed by atoms with Crippen LogP contribution in [0, 0.1) is 23.0 Å². The molecule has 1 aromatic rings. The standard InChI is InChI=1S/C15H21N3O5S/c1-9(11-4-6-17(7-5-11)15(20)23-3)16-14(19)13-8-12(18(21)22)10(2)24-13/h8-9,11H,4-7H2,1-3H3,(H,16,19). The molecule has 9 heteroatoms. The monoisotopic (exact) mass is 355 g/mol. The Hall–Kier alpha value is -2.16. The zero-order chi connectivity index (χ0) is 17.9. The van der Waals surface area contributed by atoms with Crippen molar-refractivity contribution in [2.24, 2.45) is 5.92 Å². The molecular formula is C15H21N3O5S. The van der Waals surface area contributed by atoms with Crippen LogP contribution in [0.15, 0.2) is 6.07 Å². The van der Waals surface area contributed by atoms with Crippen LogP contribution in [0.25, 0.3) is 0 Å². The van der Waals surface area contributed by atoms with Crippen LogP contribution >= 0.6 is 11.3 Å². The number of carbonyl (C=O) groups excluding carboxylic acids is 2. The van der Waals surface area contributed by atoms with Crippen LogP contribution in [0.1, 0.15) is 34.3 Å². The molecule has 0 radical (unpaired) electrons. The van der Waals surface area contributed by atoms with E-state index in [4.69, 9.17) is 4.74 Å². The van der Waals surface area contributed by atoms with E-state index in [1.807, 2.05) is 6.92 Å². The van der Waals surface area contributed by atoms with Crippen molar-refractivity contribution in [3.05, 3.63) is 25.9 Å². The second kappa shape index (κ2) is 7.61. The molecule has 0 aliphatic carbocycles. The summed E-state index contributed by atoms with van der Waals surface area (Å²) in [7, 11) is 1.36. The first-order valence-corrected chi connectivity index (χ1v) is 8.53. The van der Waals surface area contributed by atoms with Crippen molar-refractivity contribution >= 4 is 29.0 Å². The predicted octanol–water partition coefficient (Wildman–Crippen LogP) is 2.56. The van der Waals surface area contributed by atoms with E-state index in [1.165, 1.54) is 13.2 Å². The van der Waals surface area contributed by atoms with Gasteiger partial charge in [0.15, 0.2) is 0 Å². The zero-order valence-electron chi connectivity index (χ0n) is 13.9. The van der Waals surface area contributed by atoms with Gasteiger partial charge in [0.2, 0.25) is 0 Å². The van der Waals surface area contributed by atoms with E-state index >= 15 is 0 Å². The van der Waals surface area contributed by atoms with E-state index in [0.717, 1.165) is 24.2 Å². The van der Waals surface area contributed by atoms with E-state index in [0.29, 0.717) is 22.8 Å². The third-order valence-electron chi connectivity index (χ3n) is 4.35. The number of nitrogens with zero attached hydrogens (tertiary/aromatic N) is 2. The largest absolute Gasteiger partial charge is 0.453 e. The number of piperidine rings is 1. The molecule has 0 spiro atoms. The lowest BCUT2D eigenvalue weighted by atomic mass is 9.90. The number of rotatable bonds is 4. The van der Waals surface area contributed by atoms with Crippen molar-refractivity contribution in [3.8, 4) is 0 Å². The summed E-state index contributed by atoms with van der Waals surface area (Å²) in [5.74, 6) is -0.0370. The number of carbonyl (C=O) groups is 2. The molecule has 1 fully saturated rings. The number of nitro groups is 1.